The van der Waals surface area contributed by atoms with E-state index in [1.165, 1.54) is 6.07 Å². The standard InChI is InChI=1S/C18H16N2O4/c1-10-7-11(2)17-14(20-24-15(17)8-10)9-16(21)19-13-6-4-3-5-12(13)18(22)23/h3-8H,9H2,1-2H3,(H,19,21)(H,22,23). The van der Waals surface area contributed by atoms with Crippen LogP contribution in [0.3, 0.4) is 0 Å². The predicted molar refractivity (Wildman–Crippen MR) is 89.2 cm³/mol. The van der Waals surface area contributed by atoms with Crippen molar-refractivity contribution in [3.05, 3.63) is 58.8 Å². The minimum atomic E-state index is -1.09. The van der Waals surface area contributed by atoms with Gasteiger partial charge in [-0.2, -0.15) is 0 Å². The highest BCUT2D eigenvalue weighted by Crippen LogP contribution is 2.25. The molecule has 122 valence electrons. The molecule has 0 fully saturated rings. The number of para-hydroxylation sites is 1. The van der Waals surface area contributed by atoms with Crippen molar-refractivity contribution >= 4 is 28.5 Å². The van der Waals surface area contributed by atoms with Gasteiger partial charge in [0.05, 0.1) is 17.7 Å². The van der Waals surface area contributed by atoms with Gasteiger partial charge in [0.15, 0.2) is 5.58 Å². The van der Waals surface area contributed by atoms with Crippen LogP contribution in [0.4, 0.5) is 5.69 Å². The number of carboxylic acids is 1. The summed E-state index contributed by atoms with van der Waals surface area (Å²) < 4.78 is 5.30. The first-order chi connectivity index (χ1) is 11.5. The molecule has 0 bridgehead atoms. The lowest BCUT2D eigenvalue weighted by Gasteiger charge is -2.07. The number of rotatable bonds is 4. The first-order valence-corrected chi connectivity index (χ1v) is 7.43. The summed E-state index contributed by atoms with van der Waals surface area (Å²) in [7, 11) is 0. The van der Waals surface area contributed by atoms with E-state index in [1.54, 1.807) is 18.2 Å². The average molecular weight is 324 g/mol. The molecule has 0 aliphatic carbocycles. The Kier molecular flexibility index (Phi) is 4.04. The van der Waals surface area contributed by atoms with Gasteiger partial charge in [-0.05, 0) is 43.2 Å². The van der Waals surface area contributed by atoms with Crippen LogP contribution in [0.5, 0.6) is 0 Å². The number of benzene rings is 2. The van der Waals surface area contributed by atoms with Gasteiger partial charge in [-0.3, -0.25) is 4.79 Å². The molecular formula is C18H16N2O4. The number of aromatic nitrogens is 1. The molecule has 0 aliphatic rings. The summed E-state index contributed by atoms with van der Waals surface area (Å²) in [5.41, 5.74) is 3.52. The number of aromatic carboxylic acids is 1. The van der Waals surface area contributed by atoms with Gasteiger partial charge in [0, 0.05) is 5.39 Å². The van der Waals surface area contributed by atoms with E-state index >= 15 is 0 Å². The van der Waals surface area contributed by atoms with E-state index in [0.717, 1.165) is 16.5 Å². The molecule has 6 heteroatoms. The Morgan fingerprint density at radius 2 is 1.96 bits per heavy atom. The topological polar surface area (TPSA) is 92.4 Å². The summed E-state index contributed by atoms with van der Waals surface area (Å²) in [5.74, 6) is -1.44. The average Bonchev–Trinajstić information content (AvgIpc) is 2.90. The molecule has 0 saturated heterocycles. The van der Waals surface area contributed by atoms with Gasteiger partial charge in [0.2, 0.25) is 5.91 Å². The SMILES string of the molecule is Cc1cc(C)c2c(CC(=O)Nc3ccccc3C(=O)O)noc2c1. The number of carbonyl (C=O) groups excluding carboxylic acids is 1. The Morgan fingerprint density at radius 3 is 2.71 bits per heavy atom. The van der Waals surface area contributed by atoms with E-state index in [1.807, 2.05) is 26.0 Å². The van der Waals surface area contributed by atoms with Crippen LogP contribution in [0.25, 0.3) is 11.0 Å². The number of amides is 1. The molecule has 3 rings (SSSR count). The van der Waals surface area contributed by atoms with Crippen molar-refractivity contribution in [2.45, 2.75) is 20.3 Å². The Hall–Kier alpha value is -3.15. The van der Waals surface area contributed by atoms with Gasteiger partial charge in [0.1, 0.15) is 5.69 Å². The van der Waals surface area contributed by atoms with E-state index in [9.17, 15) is 9.59 Å². The van der Waals surface area contributed by atoms with Crippen molar-refractivity contribution in [1.82, 2.24) is 5.16 Å². The number of nitrogens with one attached hydrogen (secondary N) is 1. The largest absolute Gasteiger partial charge is 0.478 e. The van der Waals surface area contributed by atoms with Crippen LogP contribution in [0.15, 0.2) is 40.9 Å². The van der Waals surface area contributed by atoms with Gasteiger partial charge < -0.3 is 14.9 Å². The number of nitrogens with zero attached hydrogens (tertiary/aromatic N) is 1. The summed E-state index contributed by atoms with van der Waals surface area (Å²) in [6.07, 6.45) is 0.00482. The third kappa shape index (κ3) is 2.99. The second kappa shape index (κ2) is 6.16. The molecule has 0 spiro atoms. The van der Waals surface area contributed by atoms with Crippen LogP contribution in [-0.2, 0) is 11.2 Å². The predicted octanol–water partition coefficient (Wildman–Crippen LogP) is 3.32. The number of hydrogen-bond donors (Lipinski definition) is 2. The Bertz CT molecular complexity index is 943. The molecule has 1 amide bonds. The van der Waals surface area contributed by atoms with E-state index in [-0.39, 0.29) is 23.6 Å². The minimum absolute atomic E-state index is 0.00482. The summed E-state index contributed by atoms with van der Waals surface area (Å²) in [5, 5.41) is 16.6. The number of fused-ring (bicyclic) bond motifs is 1. The lowest BCUT2D eigenvalue weighted by molar-refractivity contribution is -0.115. The Balaban J connectivity index is 1.85. The fourth-order valence-electron chi connectivity index (χ4n) is 2.77. The van der Waals surface area contributed by atoms with E-state index in [4.69, 9.17) is 9.63 Å². The number of anilines is 1. The second-order valence-electron chi connectivity index (χ2n) is 5.66. The summed E-state index contributed by atoms with van der Waals surface area (Å²) >= 11 is 0. The maximum atomic E-state index is 12.3. The van der Waals surface area contributed by atoms with Crippen LogP contribution in [0.1, 0.15) is 27.2 Å². The Labute approximate surface area is 138 Å². The van der Waals surface area contributed by atoms with Crippen molar-refractivity contribution in [2.75, 3.05) is 5.32 Å². The third-order valence-corrected chi connectivity index (χ3v) is 3.75. The zero-order valence-corrected chi connectivity index (χ0v) is 13.3. The molecule has 0 radical (unpaired) electrons. The summed E-state index contributed by atoms with van der Waals surface area (Å²) in [6, 6.07) is 10.1. The number of carbonyl (C=O) groups is 2. The molecule has 24 heavy (non-hydrogen) atoms. The van der Waals surface area contributed by atoms with Gasteiger partial charge in [0.25, 0.3) is 0 Å². The fourth-order valence-corrected chi connectivity index (χ4v) is 2.77. The van der Waals surface area contributed by atoms with Crippen LogP contribution in [0, 0.1) is 13.8 Å². The summed E-state index contributed by atoms with van der Waals surface area (Å²) in [4.78, 5) is 23.5. The van der Waals surface area contributed by atoms with Crippen molar-refractivity contribution < 1.29 is 19.2 Å². The molecule has 0 atom stereocenters. The molecule has 0 saturated carbocycles. The molecule has 2 N–H and O–H groups in total. The first-order valence-electron chi connectivity index (χ1n) is 7.43. The lowest BCUT2D eigenvalue weighted by atomic mass is 10.0. The molecule has 2 aromatic carbocycles. The maximum absolute atomic E-state index is 12.3. The number of hydrogen-bond acceptors (Lipinski definition) is 4. The Morgan fingerprint density at radius 1 is 1.21 bits per heavy atom. The van der Waals surface area contributed by atoms with Crippen LogP contribution >= 0.6 is 0 Å². The van der Waals surface area contributed by atoms with Gasteiger partial charge >= 0.3 is 5.97 Å². The molecule has 1 heterocycles. The highest BCUT2D eigenvalue weighted by atomic mass is 16.5. The van der Waals surface area contributed by atoms with Crippen molar-refractivity contribution in [3.8, 4) is 0 Å². The molecule has 3 aromatic rings. The van der Waals surface area contributed by atoms with Gasteiger partial charge in [-0.1, -0.05) is 23.4 Å². The second-order valence-corrected chi connectivity index (χ2v) is 5.66. The molecule has 1 aromatic heterocycles. The molecule has 0 aliphatic heterocycles. The van der Waals surface area contributed by atoms with Crippen LogP contribution in [-0.4, -0.2) is 22.1 Å². The lowest BCUT2D eigenvalue weighted by Crippen LogP contribution is -2.17. The van der Waals surface area contributed by atoms with Crippen LogP contribution < -0.4 is 5.32 Å². The smallest absolute Gasteiger partial charge is 0.337 e. The van der Waals surface area contributed by atoms with E-state index < -0.39 is 5.97 Å². The van der Waals surface area contributed by atoms with Crippen molar-refractivity contribution in [2.24, 2.45) is 0 Å². The highest BCUT2D eigenvalue weighted by molar-refractivity contribution is 6.01. The van der Waals surface area contributed by atoms with Crippen LogP contribution in [0.2, 0.25) is 0 Å². The quantitative estimate of drug-likeness (QED) is 0.768. The summed E-state index contributed by atoms with van der Waals surface area (Å²) in [6.45, 7) is 3.90. The number of carboxylic acid groups (broad SMARTS) is 1. The van der Waals surface area contributed by atoms with E-state index in [0.29, 0.717) is 11.3 Å². The zero-order valence-electron chi connectivity index (χ0n) is 13.3. The van der Waals surface area contributed by atoms with Crippen molar-refractivity contribution in [1.29, 1.82) is 0 Å². The van der Waals surface area contributed by atoms with Crippen molar-refractivity contribution in [3.63, 3.8) is 0 Å². The fraction of sp³-hybridized carbons (Fsp3) is 0.167. The first kappa shape index (κ1) is 15.7. The molecular weight excluding hydrogens is 308 g/mol. The minimum Gasteiger partial charge on any atom is -0.478 e. The van der Waals surface area contributed by atoms with Gasteiger partial charge in [-0.15, -0.1) is 0 Å². The van der Waals surface area contributed by atoms with Gasteiger partial charge in [-0.25, -0.2) is 4.79 Å². The highest BCUT2D eigenvalue weighted by Gasteiger charge is 2.17. The van der Waals surface area contributed by atoms with E-state index in [2.05, 4.69) is 10.5 Å². The molecule has 0 unspecified atom stereocenters. The third-order valence-electron chi connectivity index (χ3n) is 3.75. The molecule has 6 nitrogen and oxygen atoms in total. The number of aryl methyl sites for hydroxylation is 2. The monoisotopic (exact) mass is 324 g/mol. The normalized spacial score (nSPS) is 10.8. The maximum Gasteiger partial charge on any atom is 0.337 e. The zero-order chi connectivity index (χ0) is 17.3.